The van der Waals surface area contributed by atoms with Gasteiger partial charge in [0, 0.05) is 12.5 Å². The molecule has 0 N–H and O–H groups in total. The Kier molecular flexibility index (Phi) is 3.85. The minimum Gasteiger partial charge on any atom is -0.496 e. The third-order valence-corrected chi connectivity index (χ3v) is 2.78. The number of carbonyl (C=O) groups is 1. The van der Waals surface area contributed by atoms with Crippen LogP contribution in [0.25, 0.3) is 11.1 Å². The van der Waals surface area contributed by atoms with E-state index in [4.69, 9.17) is 9.47 Å². The Balaban J connectivity index is 2.36. The van der Waals surface area contributed by atoms with Crippen LogP contribution in [0.5, 0.6) is 11.5 Å². The van der Waals surface area contributed by atoms with Gasteiger partial charge in [0.1, 0.15) is 11.5 Å². The second-order valence-electron chi connectivity index (χ2n) is 4.32. The molecule has 98 valence electrons. The summed E-state index contributed by atoms with van der Waals surface area (Å²) >= 11 is 0. The van der Waals surface area contributed by atoms with Crippen LogP contribution in [0.4, 0.5) is 0 Å². The van der Waals surface area contributed by atoms with E-state index in [0.717, 1.165) is 16.9 Å². The molecule has 0 aromatic heterocycles. The molecule has 2 aromatic carbocycles. The van der Waals surface area contributed by atoms with Crippen LogP contribution in [0.2, 0.25) is 0 Å². The molecule has 0 radical (unpaired) electrons. The van der Waals surface area contributed by atoms with Crippen molar-refractivity contribution in [2.45, 2.75) is 13.8 Å². The molecule has 0 spiro atoms. The van der Waals surface area contributed by atoms with Gasteiger partial charge in [-0.05, 0) is 36.8 Å². The zero-order valence-electron chi connectivity index (χ0n) is 11.3. The van der Waals surface area contributed by atoms with Crippen molar-refractivity contribution in [1.29, 1.82) is 0 Å². The average Bonchev–Trinajstić information content (AvgIpc) is 2.39. The summed E-state index contributed by atoms with van der Waals surface area (Å²) in [5.74, 6) is 1.05. The van der Waals surface area contributed by atoms with E-state index in [1.165, 1.54) is 12.5 Å². The molecule has 0 saturated carbocycles. The number of methoxy groups -OCH3 is 1. The number of ether oxygens (including phenoxy) is 2. The molecule has 3 nitrogen and oxygen atoms in total. The van der Waals surface area contributed by atoms with E-state index in [-0.39, 0.29) is 5.97 Å². The Hall–Kier alpha value is -2.29. The van der Waals surface area contributed by atoms with Gasteiger partial charge in [0.15, 0.2) is 0 Å². The first-order chi connectivity index (χ1) is 9.10. The average molecular weight is 256 g/mol. The molecule has 0 fully saturated rings. The molecule has 0 saturated heterocycles. The lowest BCUT2D eigenvalue weighted by atomic mass is 10.0. The highest BCUT2D eigenvalue weighted by molar-refractivity contribution is 5.73. The molecule has 19 heavy (non-hydrogen) atoms. The number of carbonyl (C=O) groups excluding carboxylic acids is 1. The summed E-state index contributed by atoms with van der Waals surface area (Å²) in [7, 11) is 1.65. The van der Waals surface area contributed by atoms with Gasteiger partial charge in [0.05, 0.1) is 7.11 Å². The van der Waals surface area contributed by atoms with Gasteiger partial charge in [0.25, 0.3) is 0 Å². The summed E-state index contributed by atoms with van der Waals surface area (Å²) < 4.78 is 10.4. The van der Waals surface area contributed by atoms with Gasteiger partial charge in [-0.15, -0.1) is 0 Å². The monoisotopic (exact) mass is 256 g/mol. The van der Waals surface area contributed by atoms with Gasteiger partial charge in [-0.1, -0.05) is 23.8 Å². The van der Waals surface area contributed by atoms with Crippen molar-refractivity contribution >= 4 is 5.97 Å². The topological polar surface area (TPSA) is 35.5 Å². The Morgan fingerprint density at radius 3 is 2.32 bits per heavy atom. The first-order valence-electron chi connectivity index (χ1n) is 6.03. The summed E-state index contributed by atoms with van der Waals surface area (Å²) in [6, 6.07) is 13.4. The van der Waals surface area contributed by atoms with E-state index in [1.54, 1.807) is 19.2 Å². The fourth-order valence-corrected chi connectivity index (χ4v) is 1.92. The highest BCUT2D eigenvalue weighted by Gasteiger charge is 2.06. The molecule has 3 heteroatoms. The zero-order chi connectivity index (χ0) is 13.8. The van der Waals surface area contributed by atoms with Crippen molar-refractivity contribution in [3.63, 3.8) is 0 Å². The smallest absolute Gasteiger partial charge is 0.308 e. The maximum absolute atomic E-state index is 10.9. The van der Waals surface area contributed by atoms with Gasteiger partial charge in [-0.3, -0.25) is 4.79 Å². The van der Waals surface area contributed by atoms with Crippen LogP contribution in [0.3, 0.4) is 0 Å². The maximum atomic E-state index is 10.9. The summed E-state index contributed by atoms with van der Waals surface area (Å²) in [5, 5.41) is 0. The fraction of sp³-hybridized carbons (Fsp3) is 0.188. The number of aryl methyl sites for hydroxylation is 1. The lowest BCUT2D eigenvalue weighted by Crippen LogP contribution is -2.00. The van der Waals surface area contributed by atoms with Gasteiger partial charge < -0.3 is 9.47 Å². The Morgan fingerprint density at radius 2 is 1.74 bits per heavy atom. The maximum Gasteiger partial charge on any atom is 0.308 e. The predicted octanol–water partition coefficient (Wildman–Crippen LogP) is 3.60. The SMILES string of the molecule is COc1ccc(C)cc1-c1ccc(OC(C)=O)cc1. The van der Waals surface area contributed by atoms with Gasteiger partial charge in [-0.25, -0.2) is 0 Å². The number of hydrogen-bond donors (Lipinski definition) is 0. The fourth-order valence-electron chi connectivity index (χ4n) is 1.92. The van der Waals surface area contributed by atoms with Crippen LogP contribution in [-0.2, 0) is 4.79 Å². The second kappa shape index (κ2) is 5.57. The highest BCUT2D eigenvalue weighted by atomic mass is 16.5. The van der Waals surface area contributed by atoms with Crippen LogP contribution in [-0.4, -0.2) is 13.1 Å². The summed E-state index contributed by atoms with van der Waals surface area (Å²) in [4.78, 5) is 10.9. The summed E-state index contributed by atoms with van der Waals surface area (Å²) in [6.45, 7) is 3.42. The predicted molar refractivity (Wildman–Crippen MR) is 74.5 cm³/mol. The number of hydrogen-bond acceptors (Lipinski definition) is 3. The molecular formula is C16H16O3. The van der Waals surface area contributed by atoms with Crippen LogP contribution < -0.4 is 9.47 Å². The quantitative estimate of drug-likeness (QED) is 0.621. The Morgan fingerprint density at radius 1 is 1.05 bits per heavy atom. The first kappa shape index (κ1) is 13.1. The molecule has 2 aromatic rings. The van der Waals surface area contributed by atoms with Crippen LogP contribution in [0.1, 0.15) is 12.5 Å². The molecule has 0 aliphatic rings. The van der Waals surface area contributed by atoms with Crippen LogP contribution in [0.15, 0.2) is 42.5 Å². The van der Waals surface area contributed by atoms with Crippen molar-refractivity contribution in [2.75, 3.05) is 7.11 Å². The number of esters is 1. The van der Waals surface area contributed by atoms with Crippen molar-refractivity contribution < 1.29 is 14.3 Å². The van der Waals surface area contributed by atoms with E-state index in [2.05, 4.69) is 6.07 Å². The van der Waals surface area contributed by atoms with E-state index in [1.807, 2.05) is 31.2 Å². The van der Waals surface area contributed by atoms with E-state index in [0.29, 0.717) is 5.75 Å². The summed E-state index contributed by atoms with van der Waals surface area (Å²) in [5.41, 5.74) is 3.22. The van der Waals surface area contributed by atoms with Crippen molar-refractivity contribution in [2.24, 2.45) is 0 Å². The highest BCUT2D eigenvalue weighted by Crippen LogP contribution is 2.31. The van der Waals surface area contributed by atoms with Gasteiger partial charge >= 0.3 is 5.97 Å². The molecule has 0 aliphatic heterocycles. The minimum absolute atomic E-state index is 0.319. The third kappa shape index (κ3) is 3.13. The second-order valence-corrected chi connectivity index (χ2v) is 4.32. The standard InChI is InChI=1S/C16H16O3/c1-11-4-9-16(18-3)15(10-11)13-5-7-14(8-6-13)19-12(2)17/h4-10H,1-3H3. The molecule has 2 rings (SSSR count). The van der Waals surface area contributed by atoms with Crippen LogP contribution in [0, 0.1) is 6.92 Å². The Labute approximate surface area is 112 Å². The van der Waals surface area contributed by atoms with E-state index >= 15 is 0 Å². The van der Waals surface area contributed by atoms with E-state index < -0.39 is 0 Å². The molecule has 0 aliphatic carbocycles. The number of benzene rings is 2. The van der Waals surface area contributed by atoms with Crippen molar-refractivity contribution in [1.82, 2.24) is 0 Å². The lowest BCUT2D eigenvalue weighted by molar-refractivity contribution is -0.131. The normalized spacial score (nSPS) is 10.1. The van der Waals surface area contributed by atoms with Gasteiger partial charge in [0.2, 0.25) is 0 Å². The molecule has 0 bridgehead atoms. The van der Waals surface area contributed by atoms with Gasteiger partial charge in [-0.2, -0.15) is 0 Å². The molecule has 0 unspecified atom stereocenters. The number of rotatable bonds is 3. The largest absolute Gasteiger partial charge is 0.496 e. The van der Waals surface area contributed by atoms with Crippen molar-refractivity contribution in [3.8, 4) is 22.6 Å². The zero-order valence-corrected chi connectivity index (χ0v) is 11.3. The van der Waals surface area contributed by atoms with Crippen LogP contribution >= 0.6 is 0 Å². The van der Waals surface area contributed by atoms with Crippen molar-refractivity contribution in [3.05, 3.63) is 48.0 Å². The molecular weight excluding hydrogens is 240 g/mol. The molecule has 0 heterocycles. The molecule has 0 amide bonds. The first-order valence-corrected chi connectivity index (χ1v) is 6.03. The van der Waals surface area contributed by atoms with E-state index in [9.17, 15) is 4.79 Å². The summed E-state index contributed by atoms with van der Waals surface area (Å²) in [6.07, 6.45) is 0. The lowest BCUT2D eigenvalue weighted by Gasteiger charge is -2.10. The minimum atomic E-state index is -0.319. The third-order valence-electron chi connectivity index (χ3n) is 2.78. The Bertz CT molecular complexity index is 585. The molecule has 0 atom stereocenters.